The minimum absolute atomic E-state index is 0.0385. The van der Waals surface area contributed by atoms with Crippen LogP contribution in [-0.4, -0.2) is 15.6 Å². The van der Waals surface area contributed by atoms with Crippen LogP contribution in [0.15, 0.2) is 187 Å². The summed E-state index contributed by atoms with van der Waals surface area (Å²) < 4.78 is 20.4. The average Bonchev–Trinajstić information content (AvgIpc) is 4.08. The molecular formula is C70H66N4O2+2. The molecule has 0 amide bonds. The summed E-state index contributed by atoms with van der Waals surface area (Å²) in [7, 11) is 0. The molecule has 0 saturated heterocycles. The number of para-hydroxylation sites is 3. The molecule has 0 N–H and O–H groups in total. The number of hydrogen-bond donors (Lipinski definition) is 0. The van der Waals surface area contributed by atoms with Crippen LogP contribution in [-0.2, 0) is 21.7 Å². The lowest BCUT2D eigenvalue weighted by atomic mass is 9.80. The van der Waals surface area contributed by atoms with Crippen molar-refractivity contribution in [1.82, 2.24) is 18.7 Å². The standard InChI is InChI=1S/C70H66N4O2/c1-67(2,3)46-20-15-19-44(35-46)45-29-32-60-59(36-45)54-31-30-53(42-62(54)74(60)64-40-47(33-34-71-64)68(4,5)6)75-52-22-16-21-50(41-52)72-43-73(51-38-48(69(7,8)9)37-49(39-51)70(10,11)12)65-56(24-18-27-61(65)72)58-26-17-25-57-55-23-13-14-28-63(55)76-66(57)58/h13-42H,1-12H3/q+2. The molecule has 0 unspecified atom stereocenters. The Balaban J connectivity index is 1.00. The molecule has 76 heavy (non-hydrogen) atoms. The average molecular weight is 995 g/mol. The Morgan fingerprint density at radius 2 is 1.11 bits per heavy atom. The first kappa shape index (κ1) is 48.6. The van der Waals surface area contributed by atoms with Crippen LogP contribution in [0.2, 0.25) is 0 Å². The van der Waals surface area contributed by atoms with Gasteiger partial charge in [0.05, 0.1) is 22.7 Å². The number of fused-ring (bicyclic) bond motifs is 7. The van der Waals surface area contributed by atoms with Crippen molar-refractivity contribution in [2.75, 3.05) is 0 Å². The quantitative estimate of drug-likeness (QED) is 0.150. The largest absolute Gasteiger partial charge is 0.503 e. The molecule has 0 spiro atoms. The molecule has 0 fully saturated rings. The maximum atomic E-state index is 6.95. The van der Waals surface area contributed by atoms with Gasteiger partial charge in [-0.15, -0.1) is 0 Å². The van der Waals surface area contributed by atoms with Crippen molar-refractivity contribution >= 4 is 72.5 Å². The number of ether oxygens (including phenoxy) is 1. The number of pyridine rings is 1. The molecule has 0 radical (unpaired) electrons. The van der Waals surface area contributed by atoms with E-state index in [1.165, 1.54) is 33.4 Å². The number of rotatable bonds is 7. The zero-order valence-corrected chi connectivity index (χ0v) is 45.9. The van der Waals surface area contributed by atoms with Gasteiger partial charge in [-0.25, -0.2) is 4.98 Å². The Morgan fingerprint density at radius 3 is 1.87 bits per heavy atom. The highest BCUT2D eigenvalue weighted by Crippen LogP contribution is 2.48. The minimum Gasteiger partial charge on any atom is -0.457 e. The van der Waals surface area contributed by atoms with Gasteiger partial charge in [0, 0.05) is 63.6 Å². The van der Waals surface area contributed by atoms with E-state index in [2.05, 4.69) is 267 Å². The van der Waals surface area contributed by atoms with E-state index in [4.69, 9.17) is 14.1 Å². The smallest absolute Gasteiger partial charge is 0.457 e. The molecule has 1 aliphatic rings. The van der Waals surface area contributed by atoms with Gasteiger partial charge in [0.15, 0.2) is 0 Å². The fourth-order valence-corrected chi connectivity index (χ4v) is 10.8. The first-order chi connectivity index (χ1) is 36.2. The molecule has 0 saturated carbocycles. The van der Waals surface area contributed by atoms with Crippen LogP contribution in [0.4, 0.5) is 22.7 Å². The lowest BCUT2D eigenvalue weighted by Gasteiger charge is -2.24. The van der Waals surface area contributed by atoms with Gasteiger partial charge in [-0.05, 0) is 119 Å². The molecule has 4 heterocycles. The van der Waals surface area contributed by atoms with Crippen LogP contribution in [0.1, 0.15) is 105 Å². The Labute approximate surface area is 446 Å². The van der Waals surface area contributed by atoms with Crippen LogP contribution in [0.3, 0.4) is 0 Å². The summed E-state index contributed by atoms with van der Waals surface area (Å²) in [5.74, 6) is 2.31. The third kappa shape index (κ3) is 8.61. The second-order valence-electron chi connectivity index (χ2n) is 24.8. The zero-order valence-electron chi connectivity index (χ0n) is 45.9. The topological polar surface area (TPSA) is 46.2 Å². The fourth-order valence-electron chi connectivity index (χ4n) is 10.8. The highest BCUT2D eigenvalue weighted by Gasteiger charge is 2.41. The maximum absolute atomic E-state index is 6.95. The van der Waals surface area contributed by atoms with Crippen molar-refractivity contribution in [2.24, 2.45) is 0 Å². The molecule has 6 heteroatoms. The maximum Gasteiger partial charge on any atom is 0.503 e. The van der Waals surface area contributed by atoms with E-state index >= 15 is 0 Å². The lowest BCUT2D eigenvalue weighted by molar-refractivity contribution is 0.483. The van der Waals surface area contributed by atoms with Gasteiger partial charge in [0.25, 0.3) is 5.69 Å². The monoisotopic (exact) mass is 995 g/mol. The molecule has 12 rings (SSSR count). The van der Waals surface area contributed by atoms with Crippen molar-refractivity contribution in [3.8, 4) is 39.6 Å². The molecule has 8 aromatic carbocycles. The second-order valence-corrected chi connectivity index (χ2v) is 24.8. The Hall–Kier alpha value is -8.31. The van der Waals surface area contributed by atoms with Gasteiger partial charge in [0.2, 0.25) is 11.4 Å². The van der Waals surface area contributed by atoms with Gasteiger partial charge in [-0.2, -0.15) is 0 Å². The summed E-state index contributed by atoms with van der Waals surface area (Å²) in [4.78, 5) is 5.01. The first-order valence-corrected chi connectivity index (χ1v) is 26.7. The van der Waals surface area contributed by atoms with Crippen molar-refractivity contribution in [3.63, 3.8) is 0 Å². The van der Waals surface area contributed by atoms with E-state index in [-0.39, 0.29) is 21.7 Å². The van der Waals surface area contributed by atoms with E-state index in [1.54, 1.807) is 0 Å². The first-order valence-electron chi connectivity index (χ1n) is 26.7. The predicted octanol–water partition coefficient (Wildman–Crippen LogP) is 19.3. The van der Waals surface area contributed by atoms with Gasteiger partial charge < -0.3 is 9.15 Å². The molecule has 0 atom stereocenters. The summed E-state index contributed by atoms with van der Waals surface area (Å²) in [5.41, 5.74) is 17.2. The van der Waals surface area contributed by atoms with Gasteiger partial charge >= 0.3 is 11.7 Å². The SMILES string of the molecule is CC(C)(C)c1cccc(-c2ccc3c(c2)c2ccc(Oc4cccc([N+]5=C=[N+](c6cc(C(C)(C)C)cc(C(C)(C)C)c6)c6c(-c7cccc8c7oc7ccccc78)cccc65)c4)cc2n3-c2cc(C(C)(C)C)ccn2)c1. The van der Waals surface area contributed by atoms with E-state index in [0.717, 1.165) is 89.2 Å². The summed E-state index contributed by atoms with van der Waals surface area (Å²) in [6, 6.07) is 67.2. The normalized spacial score (nSPS) is 13.2. The van der Waals surface area contributed by atoms with Crippen LogP contribution >= 0.6 is 0 Å². The Kier molecular flexibility index (Phi) is 11.3. The summed E-state index contributed by atoms with van der Waals surface area (Å²) in [6.07, 6.45) is 1.93. The molecule has 3 aromatic heterocycles. The number of aromatic nitrogens is 2. The number of nitrogens with zero attached hydrogens (tertiary/aromatic N) is 4. The minimum atomic E-state index is -0.0881. The summed E-state index contributed by atoms with van der Waals surface area (Å²) in [6.45, 7) is 27.3. The van der Waals surface area contributed by atoms with Crippen molar-refractivity contribution in [2.45, 2.75) is 105 Å². The van der Waals surface area contributed by atoms with Crippen LogP contribution in [0.5, 0.6) is 11.5 Å². The molecular weight excluding hydrogens is 929 g/mol. The molecule has 1 aliphatic heterocycles. The van der Waals surface area contributed by atoms with Crippen molar-refractivity contribution in [1.29, 1.82) is 0 Å². The predicted molar refractivity (Wildman–Crippen MR) is 319 cm³/mol. The number of furan rings is 1. The van der Waals surface area contributed by atoms with Crippen LogP contribution < -0.4 is 13.9 Å². The third-order valence-electron chi connectivity index (χ3n) is 15.2. The molecule has 0 aliphatic carbocycles. The van der Waals surface area contributed by atoms with E-state index in [9.17, 15) is 0 Å². The van der Waals surface area contributed by atoms with E-state index in [1.807, 2.05) is 18.3 Å². The highest BCUT2D eigenvalue weighted by atomic mass is 16.5. The Morgan fingerprint density at radius 1 is 0.447 bits per heavy atom. The molecule has 6 nitrogen and oxygen atoms in total. The number of hydrogen-bond acceptors (Lipinski definition) is 3. The lowest BCUT2D eigenvalue weighted by Crippen LogP contribution is -2.17. The van der Waals surface area contributed by atoms with E-state index < -0.39 is 0 Å². The van der Waals surface area contributed by atoms with Gasteiger partial charge in [-0.1, -0.05) is 168 Å². The zero-order chi connectivity index (χ0) is 53.1. The van der Waals surface area contributed by atoms with Crippen LogP contribution in [0, 0.1) is 0 Å². The number of benzene rings is 8. The summed E-state index contributed by atoms with van der Waals surface area (Å²) >= 11 is 0. The summed E-state index contributed by atoms with van der Waals surface area (Å²) in [5, 5.41) is 4.48. The molecule has 376 valence electrons. The second kappa shape index (κ2) is 17.7. The fraction of sp³-hybridized carbons (Fsp3) is 0.229. The van der Waals surface area contributed by atoms with E-state index in [0.29, 0.717) is 5.75 Å². The van der Waals surface area contributed by atoms with Crippen LogP contribution in [0.25, 0.3) is 71.8 Å². The molecule has 11 aromatic rings. The van der Waals surface area contributed by atoms with Crippen molar-refractivity contribution in [3.05, 3.63) is 204 Å². The Bertz CT molecular complexity index is 4190. The van der Waals surface area contributed by atoms with Gasteiger partial charge in [-0.3, -0.25) is 4.57 Å². The highest BCUT2D eigenvalue weighted by molar-refractivity contribution is 6.12. The molecule has 0 bridgehead atoms. The third-order valence-corrected chi connectivity index (χ3v) is 15.2. The van der Waals surface area contributed by atoms with Gasteiger partial charge in [0.1, 0.15) is 28.5 Å². The van der Waals surface area contributed by atoms with Crippen molar-refractivity contribution < 1.29 is 9.15 Å².